The molecule has 1 amide bonds. The third-order valence-corrected chi connectivity index (χ3v) is 9.06. The first-order valence-corrected chi connectivity index (χ1v) is 15.8. The Balaban J connectivity index is 1.67. The van der Waals surface area contributed by atoms with Crippen LogP contribution in [0, 0.1) is 0 Å². The van der Waals surface area contributed by atoms with Gasteiger partial charge < -0.3 is 24.3 Å². The monoisotopic (exact) mass is 646 g/mol. The second-order valence-corrected chi connectivity index (χ2v) is 13.2. The van der Waals surface area contributed by atoms with Crippen LogP contribution in [0.15, 0.2) is 89.8 Å². The van der Waals surface area contributed by atoms with Gasteiger partial charge in [0.25, 0.3) is 10.0 Å². The Kier molecular flexibility index (Phi) is 10.3. The van der Waals surface area contributed by atoms with E-state index in [-0.39, 0.29) is 33.3 Å². The van der Waals surface area contributed by atoms with Crippen LogP contribution in [-0.2, 0) is 20.2 Å². The van der Waals surface area contributed by atoms with Crippen molar-refractivity contribution in [2.75, 3.05) is 44.6 Å². The standard InChI is InChI=1S/C35H38N2O8S/c1-35(2,3)25-13-11-23(12-14-25)34(39)24-9-8-10-26(19-24)36-33(38)22-37(29-20-27(42-4)15-17-30(29)43-5)46(40,41)28-16-18-31(44-6)32(21-28)45-7/h8-21H,22H2,1-7H3,(H,36,38). The molecule has 0 aromatic heterocycles. The van der Waals surface area contributed by atoms with E-state index in [9.17, 15) is 18.0 Å². The molecule has 11 heteroatoms. The van der Waals surface area contributed by atoms with E-state index >= 15 is 0 Å². The van der Waals surface area contributed by atoms with Crippen molar-refractivity contribution in [3.63, 3.8) is 0 Å². The lowest BCUT2D eigenvalue weighted by atomic mass is 9.86. The molecule has 4 aromatic carbocycles. The molecule has 0 radical (unpaired) electrons. The topological polar surface area (TPSA) is 120 Å². The van der Waals surface area contributed by atoms with E-state index in [0.717, 1.165) is 9.87 Å². The van der Waals surface area contributed by atoms with Gasteiger partial charge in [-0.15, -0.1) is 0 Å². The van der Waals surface area contributed by atoms with E-state index in [1.807, 2.05) is 12.1 Å². The molecule has 0 spiro atoms. The van der Waals surface area contributed by atoms with Gasteiger partial charge in [-0.1, -0.05) is 57.2 Å². The molecule has 0 saturated heterocycles. The highest BCUT2D eigenvalue weighted by molar-refractivity contribution is 7.92. The third-order valence-electron chi connectivity index (χ3n) is 7.31. The van der Waals surface area contributed by atoms with Crippen LogP contribution in [-0.4, -0.2) is 55.1 Å². The highest BCUT2D eigenvalue weighted by atomic mass is 32.2. The van der Waals surface area contributed by atoms with Crippen molar-refractivity contribution in [3.8, 4) is 23.0 Å². The normalized spacial score (nSPS) is 11.4. The van der Waals surface area contributed by atoms with E-state index in [1.165, 1.54) is 52.7 Å². The van der Waals surface area contributed by atoms with E-state index < -0.39 is 22.5 Å². The number of rotatable bonds is 12. The molecule has 242 valence electrons. The summed E-state index contributed by atoms with van der Waals surface area (Å²) in [5.41, 5.74) is 2.32. The highest BCUT2D eigenvalue weighted by Gasteiger charge is 2.31. The number of ketones is 1. The molecule has 46 heavy (non-hydrogen) atoms. The predicted molar refractivity (Wildman–Crippen MR) is 177 cm³/mol. The van der Waals surface area contributed by atoms with Crippen LogP contribution in [0.3, 0.4) is 0 Å². The maximum atomic E-state index is 14.2. The number of amides is 1. The van der Waals surface area contributed by atoms with Gasteiger partial charge in [0.05, 0.1) is 39.0 Å². The smallest absolute Gasteiger partial charge is 0.265 e. The molecule has 4 rings (SSSR count). The summed E-state index contributed by atoms with van der Waals surface area (Å²) >= 11 is 0. The molecular weight excluding hydrogens is 608 g/mol. The minimum Gasteiger partial charge on any atom is -0.497 e. The van der Waals surface area contributed by atoms with E-state index in [1.54, 1.807) is 48.5 Å². The summed E-state index contributed by atoms with van der Waals surface area (Å²) in [5, 5.41) is 2.73. The summed E-state index contributed by atoms with van der Waals surface area (Å²) < 4.78 is 50.6. The quantitative estimate of drug-likeness (QED) is 0.184. The number of nitrogens with one attached hydrogen (secondary N) is 1. The molecule has 0 aliphatic carbocycles. The van der Waals surface area contributed by atoms with Gasteiger partial charge in [0.15, 0.2) is 17.3 Å². The summed E-state index contributed by atoms with van der Waals surface area (Å²) in [5.74, 6) is 0.209. The van der Waals surface area contributed by atoms with Crippen molar-refractivity contribution < 1.29 is 37.0 Å². The van der Waals surface area contributed by atoms with Gasteiger partial charge in [0.2, 0.25) is 5.91 Å². The minimum absolute atomic E-state index is 0.0541. The molecule has 0 unspecified atom stereocenters. The highest BCUT2D eigenvalue weighted by Crippen LogP contribution is 2.37. The molecule has 0 aliphatic rings. The number of sulfonamides is 1. The van der Waals surface area contributed by atoms with Gasteiger partial charge >= 0.3 is 0 Å². The summed E-state index contributed by atoms with van der Waals surface area (Å²) in [6.45, 7) is 5.66. The van der Waals surface area contributed by atoms with Crippen molar-refractivity contribution in [1.82, 2.24) is 0 Å². The van der Waals surface area contributed by atoms with E-state index in [4.69, 9.17) is 18.9 Å². The Hall–Kier alpha value is -5.03. The van der Waals surface area contributed by atoms with E-state index in [0.29, 0.717) is 28.3 Å². The van der Waals surface area contributed by atoms with Crippen molar-refractivity contribution in [2.45, 2.75) is 31.1 Å². The molecule has 4 aromatic rings. The molecule has 0 atom stereocenters. The summed E-state index contributed by atoms with van der Waals surface area (Å²) in [6.07, 6.45) is 0. The average molecular weight is 647 g/mol. The molecule has 10 nitrogen and oxygen atoms in total. The largest absolute Gasteiger partial charge is 0.497 e. The van der Waals surface area contributed by atoms with Crippen LogP contribution >= 0.6 is 0 Å². The maximum absolute atomic E-state index is 14.2. The second kappa shape index (κ2) is 13.9. The molecular formula is C35H38N2O8S. The number of anilines is 2. The van der Waals surface area contributed by atoms with Crippen LogP contribution in [0.2, 0.25) is 0 Å². The Bertz CT molecular complexity index is 1830. The van der Waals surface area contributed by atoms with Crippen molar-refractivity contribution in [1.29, 1.82) is 0 Å². The van der Waals surface area contributed by atoms with Crippen LogP contribution in [0.25, 0.3) is 0 Å². The Morgan fingerprint density at radius 3 is 1.98 bits per heavy atom. The fraction of sp³-hybridized carbons (Fsp3) is 0.257. The maximum Gasteiger partial charge on any atom is 0.265 e. The fourth-order valence-electron chi connectivity index (χ4n) is 4.75. The first-order chi connectivity index (χ1) is 21.8. The lowest BCUT2D eigenvalue weighted by molar-refractivity contribution is -0.114. The predicted octanol–water partition coefficient (Wildman–Crippen LogP) is 6.08. The zero-order chi connectivity index (χ0) is 33.6. The Morgan fingerprint density at radius 2 is 1.37 bits per heavy atom. The number of nitrogens with zero attached hydrogens (tertiary/aromatic N) is 1. The Labute approximate surface area is 269 Å². The van der Waals surface area contributed by atoms with E-state index in [2.05, 4.69) is 26.1 Å². The zero-order valence-electron chi connectivity index (χ0n) is 26.9. The first kappa shape index (κ1) is 33.9. The van der Waals surface area contributed by atoms with Gasteiger partial charge in [-0.25, -0.2) is 8.42 Å². The SMILES string of the molecule is COc1ccc(OC)c(N(CC(=O)Nc2cccc(C(=O)c3ccc(C(C)(C)C)cc3)c2)S(=O)(=O)c2ccc(OC)c(OC)c2)c1. The average Bonchev–Trinajstić information content (AvgIpc) is 3.05. The third kappa shape index (κ3) is 7.43. The number of ether oxygens (including phenoxy) is 4. The minimum atomic E-state index is -4.38. The van der Waals surface area contributed by atoms with Crippen LogP contribution in [0.4, 0.5) is 11.4 Å². The van der Waals surface area contributed by atoms with Gasteiger partial charge in [-0.3, -0.25) is 13.9 Å². The second-order valence-electron chi connectivity index (χ2n) is 11.4. The molecule has 0 fully saturated rings. The molecule has 0 aliphatic heterocycles. The molecule has 0 saturated carbocycles. The van der Waals surface area contributed by atoms with Crippen molar-refractivity contribution in [3.05, 3.63) is 102 Å². The van der Waals surface area contributed by atoms with Gasteiger partial charge in [0.1, 0.15) is 18.0 Å². The summed E-state index contributed by atoms with van der Waals surface area (Å²) in [7, 11) is 1.29. The van der Waals surface area contributed by atoms with Crippen LogP contribution < -0.4 is 28.6 Å². The van der Waals surface area contributed by atoms with Crippen LogP contribution in [0.1, 0.15) is 42.3 Å². The van der Waals surface area contributed by atoms with Crippen LogP contribution in [0.5, 0.6) is 23.0 Å². The fourth-order valence-corrected chi connectivity index (χ4v) is 6.19. The molecule has 0 bridgehead atoms. The first-order valence-electron chi connectivity index (χ1n) is 14.3. The number of carbonyl (C=O) groups excluding carboxylic acids is 2. The van der Waals surface area contributed by atoms with Crippen molar-refractivity contribution in [2.24, 2.45) is 0 Å². The van der Waals surface area contributed by atoms with Gasteiger partial charge in [-0.05, 0) is 47.4 Å². The number of methoxy groups -OCH3 is 4. The summed E-state index contributed by atoms with van der Waals surface area (Å²) in [4.78, 5) is 26.7. The van der Waals surface area contributed by atoms with Gasteiger partial charge in [-0.2, -0.15) is 0 Å². The number of benzene rings is 4. The van der Waals surface area contributed by atoms with Gasteiger partial charge in [0, 0.05) is 28.9 Å². The summed E-state index contributed by atoms with van der Waals surface area (Å²) in [6, 6.07) is 22.7. The molecule has 0 heterocycles. The molecule has 1 N–H and O–H groups in total. The number of hydrogen-bond donors (Lipinski definition) is 1. The Morgan fingerprint density at radius 1 is 0.717 bits per heavy atom. The van der Waals surface area contributed by atoms with Crippen molar-refractivity contribution >= 4 is 33.1 Å². The number of hydrogen-bond acceptors (Lipinski definition) is 8. The zero-order valence-corrected chi connectivity index (χ0v) is 27.7. The lowest BCUT2D eigenvalue weighted by Gasteiger charge is -2.26. The lowest BCUT2D eigenvalue weighted by Crippen LogP contribution is -2.38. The number of carbonyl (C=O) groups is 2.